The summed E-state index contributed by atoms with van der Waals surface area (Å²) < 4.78 is 4.48. The molecule has 3 N–H and O–H groups in total. The van der Waals surface area contributed by atoms with E-state index in [2.05, 4.69) is 41.0 Å². The van der Waals surface area contributed by atoms with E-state index in [9.17, 15) is 0 Å². The van der Waals surface area contributed by atoms with Gasteiger partial charge in [-0.05, 0) is 10.3 Å². The molecule has 2 aromatic rings. The summed E-state index contributed by atoms with van der Waals surface area (Å²) in [5.74, 6) is 2.18. The molecule has 0 spiro atoms. The number of H-pyrrole nitrogens is 1. The molecule has 0 aromatic carbocycles. The second kappa shape index (κ2) is 1.72. The lowest BCUT2D eigenvalue weighted by Gasteiger charge is -2.08. The smallest absolute Gasteiger partial charge is 0.221 e. The molecule has 12 heavy (non-hydrogen) atoms. The van der Waals surface area contributed by atoms with E-state index in [1.807, 2.05) is 0 Å². The number of rotatable bonds is 0. The van der Waals surface area contributed by atoms with Crippen LogP contribution in [-0.4, -0.2) is 25.7 Å². The normalized spacial score (nSPS) is 12.7. The topological polar surface area (TPSA) is 105 Å². The van der Waals surface area contributed by atoms with E-state index in [-0.39, 0.29) is 0 Å². The zero-order chi connectivity index (χ0) is 7.97. The molecular formula is C4H3N7O. The summed E-state index contributed by atoms with van der Waals surface area (Å²) in [4.78, 5) is 0. The van der Waals surface area contributed by atoms with Gasteiger partial charge >= 0.3 is 0 Å². The zero-order valence-corrected chi connectivity index (χ0v) is 5.70. The number of hydrogen-bond acceptors (Lipinski definition) is 7. The monoisotopic (exact) mass is 165 g/mol. The van der Waals surface area contributed by atoms with Crippen molar-refractivity contribution in [2.75, 3.05) is 10.6 Å². The minimum absolute atomic E-state index is 0.511. The van der Waals surface area contributed by atoms with Gasteiger partial charge in [0.25, 0.3) is 0 Å². The fraction of sp³-hybridized carbons (Fsp3) is 0. The average molecular weight is 165 g/mol. The first-order valence-electron chi connectivity index (χ1n) is 3.21. The van der Waals surface area contributed by atoms with Crippen molar-refractivity contribution in [3.63, 3.8) is 0 Å². The third kappa shape index (κ3) is 0.557. The number of nitrogens with zero attached hydrogens (tertiary/aromatic N) is 4. The van der Waals surface area contributed by atoms with E-state index in [0.29, 0.717) is 23.3 Å². The molecule has 3 rings (SSSR count). The molecule has 0 atom stereocenters. The summed E-state index contributed by atoms with van der Waals surface area (Å²) in [5.41, 5.74) is 0. The van der Waals surface area contributed by atoms with Gasteiger partial charge in [0.15, 0.2) is 11.6 Å². The van der Waals surface area contributed by atoms with Crippen LogP contribution in [0.1, 0.15) is 0 Å². The molecule has 1 aliphatic rings. The van der Waals surface area contributed by atoms with Crippen LogP contribution >= 0.6 is 0 Å². The van der Waals surface area contributed by atoms with Crippen molar-refractivity contribution in [3.05, 3.63) is 0 Å². The maximum absolute atomic E-state index is 4.48. The number of aromatic nitrogens is 5. The van der Waals surface area contributed by atoms with E-state index in [0.717, 1.165) is 0 Å². The Morgan fingerprint density at radius 1 is 0.833 bits per heavy atom. The van der Waals surface area contributed by atoms with E-state index < -0.39 is 0 Å². The summed E-state index contributed by atoms with van der Waals surface area (Å²) in [7, 11) is 0. The van der Waals surface area contributed by atoms with E-state index in [1.54, 1.807) is 0 Å². The summed E-state index contributed by atoms with van der Waals surface area (Å²) in [6.07, 6.45) is 0. The van der Waals surface area contributed by atoms with E-state index in [4.69, 9.17) is 0 Å². The molecule has 3 heterocycles. The fourth-order valence-electron chi connectivity index (χ4n) is 0.982. The molecule has 8 heteroatoms. The van der Waals surface area contributed by atoms with Crippen molar-refractivity contribution < 1.29 is 4.63 Å². The highest BCUT2D eigenvalue weighted by Gasteiger charge is 2.21. The van der Waals surface area contributed by atoms with E-state index in [1.165, 1.54) is 0 Å². The molecule has 0 fully saturated rings. The minimum Gasteiger partial charge on any atom is -0.314 e. The second-order valence-electron chi connectivity index (χ2n) is 2.23. The first-order chi connectivity index (χ1) is 5.93. The largest absolute Gasteiger partial charge is 0.314 e. The highest BCUT2D eigenvalue weighted by molar-refractivity contribution is 5.81. The first kappa shape index (κ1) is 5.52. The van der Waals surface area contributed by atoms with Crippen LogP contribution in [0.15, 0.2) is 4.63 Å². The third-order valence-electron chi connectivity index (χ3n) is 1.51. The predicted molar refractivity (Wildman–Crippen MR) is 37.2 cm³/mol. The average Bonchev–Trinajstić information content (AvgIpc) is 2.64. The number of anilines is 4. The van der Waals surface area contributed by atoms with Gasteiger partial charge in [-0.1, -0.05) is 0 Å². The summed E-state index contributed by atoms with van der Waals surface area (Å²) >= 11 is 0. The Labute approximate surface area is 65.3 Å². The summed E-state index contributed by atoms with van der Waals surface area (Å²) in [6, 6.07) is 0. The predicted octanol–water partition coefficient (Wildman–Crippen LogP) is -0.0117. The Kier molecular flexibility index (Phi) is 0.793. The molecule has 8 nitrogen and oxygen atoms in total. The van der Waals surface area contributed by atoms with Gasteiger partial charge in [-0.2, -0.15) is 5.21 Å². The summed E-state index contributed by atoms with van der Waals surface area (Å²) in [6.45, 7) is 0. The van der Waals surface area contributed by atoms with Gasteiger partial charge in [-0.3, -0.25) is 0 Å². The zero-order valence-electron chi connectivity index (χ0n) is 5.70. The number of aromatic amines is 1. The van der Waals surface area contributed by atoms with E-state index >= 15 is 0 Å². The summed E-state index contributed by atoms with van der Waals surface area (Å²) in [5, 5.41) is 23.0. The van der Waals surface area contributed by atoms with Crippen LogP contribution in [0, 0.1) is 0 Å². The van der Waals surface area contributed by atoms with Gasteiger partial charge in [0, 0.05) is 0 Å². The Hall–Kier alpha value is -2.12. The van der Waals surface area contributed by atoms with Gasteiger partial charge in [-0.15, -0.1) is 10.2 Å². The highest BCUT2D eigenvalue weighted by Crippen LogP contribution is 2.31. The maximum Gasteiger partial charge on any atom is 0.221 e. The van der Waals surface area contributed by atoms with Crippen molar-refractivity contribution in [1.29, 1.82) is 0 Å². The Bertz CT molecular complexity index is 343. The molecule has 0 aliphatic carbocycles. The van der Waals surface area contributed by atoms with Gasteiger partial charge in [0.2, 0.25) is 11.6 Å². The lowest BCUT2D eigenvalue weighted by molar-refractivity contribution is 0.311. The molecular weight excluding hydrogens is 162 g/mol. The van der Waals surface area contributed by atoms with Crippen LogP contribution < -0.4 is 10.6 Å². The molecule has 1 aliphatic heterocycles. The molecule has 0 saturated carbocycles. The van der Waals surface area contributed by atoms with Crippen molar-refractivity contribution in [3.8, 4) is 0 Å². The van der Waals surface area contributed by atoms with Gasteiger partial charge in [0.05, 0.1) is 0 Å². The molecule has 60 valence electrons. The van der Waals surface area contributed by atoms with Crippen molar-refractivity contribution in [1.82, 2.24) is 25.7 Å². The maximum atomic E-state index is 4.48. The standard InChI is InChI=1S/C4H3N7O/c5-1-2(8-11-7-1)6-4-3(5)9-12-10-4/h(H3,5,6,7,8,9,10,11). The number of fused-ring (bicyclic) bond motifs is 2. The van der Waals surface area contributed by atoms with Crippen molar-refractivity contribution in [2.45, 2.75) is 0 Å². The van der Waals surface area contributed by atoms with Crippen molar-refractivity contribution >= 4 is 23.3 Å². The van der Waals surface area contributed by atoms with Gasteiger partial charge < -0.3 is 10.6 Å². The third-order valence-corrected chi connectivity index (χ3v) is 1.51. The van der Waals surface area contributed by atoms with Crippen LogP contribution in [0.5, 0.6) is 0 Å². The van der Waals surface area contributed by atoms with Crippen LogP contribution in [0.25, 0.3) is 0 Å². The molecule has 0 unspecified atom stereocenters. The Morgan fingerprint density at radius 3 is 2.00 bits per heavy atom. The van der Waals surface area contributed by atoms with Crippen molar-refractivity contribution in [2.24, 2.45) is 0 Å². The molecule has 2 aromatic heterocycles. The number of hydrogen-bond donors (Lipinski definition) is 3. The lowest BCUT2D eigenvalue weighted by Crippen LogP contribution is -2.05. The van der Waals surface area contributed by atoms with Crippen LogP contribution in [-0.2, 0) is 0 Å². The fourth-order valence-corrected chi connectivity index (χ4v) is 0.982. The molecule has 0 radical (unpaired) electrons. The quantitative estimate of drug-likeness (QED) is 0.430. The Balaban J connectivity index is 2.15. The first-order valence-corrected chi connectivity index (χ1v) is 3.21. The molecule has 0 bridgehead atoms. The van der Waals surface area contributed by atoms with Crippen LogP contribution in [0.3, 0.4) is 0 Å². The van der Waals surface area contributed by atoms with Crippen LogP contribution in [0.4, 0.5) is 23.3 Å². The SMILES string of the molecule is n1[nH]nc2c1Nc1nonc1N2. The minimum atomic E-state index is 0.511. The second-order valence-corrected chi connectivity index (χ2v) is 2.23. The lowest BCUT2D eigenvalue weighted by atomic mass is 10.4. The Morgan fingerprint density at radius 2 is 1.42 bits per heavy atom. The highest BCUT2D eigenvalue weighted by atomic mass is 16.6. The van der Waals surface area contributed by atoms with Crippen LogP contribution in [0.2, 0.25) is 0 Å². The van der Waals surface area contributed by atoms with Gasteiger partial charge in [0.1, 0.15) is 0 Å². The molecule has 0 saturated heterocycles. The van der Waals surface area contributed by atoms with Gasteiger partial charge in [-0.25, -0.2) is 4.63 Å². The number of nitrogens with one attached hydrogen (secondary N) is 3. The molecule has 0 amide bonds.